The minimum atomic E-state index is -2.74. The number of carbonyl (C=O) groups is 1. The molecule has 0 radical (unpaired) electrons. The van der Waals surface area contributed by atoms with Crippen LogP contribution in [-0.2, 0) is 10.2 Å². The Morgan fingerprint density at radius 2 is 2.07 bits per heavy atom. The molecule has 4 rings (SSSR count). The van der Waals surface area contributed by atoms with Crippen molar-refractivity contribution < 1.29 is 18.3 Å². The standard InChI is InChI=1S/C21H22F2N4O2/c1-3-29-20(28)18-24-19-16(17(22)23)11-15(12-27(19)25-18)26-10-9-21(2,13-26)14-7-5-4-6-8-14/h4-8,11-12,17H,3,9-10,13H2,1-2H3/t21-/m0/s1. The lowest BCUT2D eigenvalue weighted by atomic mass is 9.82. The van der Waals surface area contributed by atoms with E-state index in [1.54, 1.807) is 13.1 Å². The first kappa shape index (κ1) is 19.3. The maximum atomic E-state index is 13.7. The molecule has 0 N–H and O–H groups in total. The van der Waals surface area contributed by atoms with Crippen LogP contribution in [-0.4, -0.2) is 40.3 Å². The number of alkyl halides is 2. The largest absolute Gasteiger partial charge is 0.460 e. The highest BCUT2D eigenvalue weighted by Gasteiger charge is 2.36. The Morgan fingerprint density at radius 1 is 1.31 bits per heavy atom. The number of ether oxygens (including phenoxy) is 1. The van der Waals surface area contributed by atoms with Crippen LogP contribution in [0.5, 0.6) is 0 Å². The van der Waals surface area contributed by atoms with Crippen LogP contribution in [0.25, 0.3) is 5.65 Å². The molecule has 3 heterocycles. The number of fused-ring (bicyclic) bond motifs is 1. The van der Waals surface area contributed by atoms with Gasteiger partial charge in [-0.25, -0.2) is 23.1 Å². The molecule has 8 heteroatoms. The number of carbonyl (C=O) groups excluding carboxylic acids is 1. The van der Waals surface area contributed by atoms with E-state index in [1.807, 2.05) is 18.2 Å². The van der Waals surface area contributed by atoms with Crippen molar-refractivity contribution in [3.8, 4) is 0 Å². The van der Waals surface area contributed by atoms with Gasteiger partial charge in [-0.05, 0) is 25.0 Å². The van der Waals surface area contributed by atoms with E-state index < -0.39 is 12.4 Å². The first-order valence-corrected chi connectivity index (χ1v) is 9.57. The second-order valence-corrected chi connectivity index (χ2v) is 7.48. The number of anilines is 1. The zero-order valence-corrected chi connectivity index (χ0v) is 16.3. The van der Waals surface area contributed by atoms with Crippen LogP contribution in [0, 0.1) is 0 Å². The summed E-state index contributed by atoms with van der Waals surface area (Å²) in [7, 11) is 0. The summed E-state index contributed by atoms with van der Waals surface area (Å²) >= 11 is 0. The lowest BCUT2D eigenvalue weighted by Gasteiger charge is -2.26. The molecule has 0 unspecified atom stereocenters. The zero-order valence-electron chi connectivity index (χ0n) is 16.3. The number of hydrogen-bond donors (Lipinski definition) is 0. The number of aromatic nitrogens is 3. The zero-order chi connectivity index (χ0) is 20.6. The van der Waals surface area contributed by atoms with Gasteiger partial charge in [-0.2, -0.15) is 0 Å². The summed E-state index contributed by atoms with van der Waals surface area (Å²) in [4.78, 5) is 18.0. The molecule has 1 fully saturated rings. The van der Waals surface area contributed by atoms with Gasteiger partial charge < -0.3 is 9.64 Å². The van der Waals surface area contributed by atoms with Crippen molar-refractivity contribution in [1.29, 1.82) is 0 Å². The number of benzene rings is 1. The molecule has 2 aromatic heterocycles. The van der Waals surface area contributed by atoms with E-state index >= 15 is 0 Å². The molecule has 0 spiro atoms. The van der Waals surface area contributed by atoms with Gasteiger partial charge in [0.15, 0.2) is 5.65 Å². The van der Waals surface area contributed by atoms with Gasteiger partial charge in [0.1, 0.15) is 0 Å². The molecule has 0 saturated carbocycles. The number of esters is 1. The predicted molar refractivity (Wildman–Crippen MR) is 105 cm³/mol. The van der Waals surface area contributed by atoms with Gasteiger partial charge in [-0.3, -0.25) is 0 Å². The highest BCUT2D eigenvalue weighted by atomic mass is 19.3. The van der Waals surface area contributed by atoms with Gasteiger partial charge in [-0.1, -0.05) is 37.3 Å². The van der Waals surface area contributed by atoms with Crippen LogP contribution < -0.4 is 4.90 Å². The first-order valence-electron chi connectivity index (χ1n) is 9.57. The monoisotopic (exact) mass is 400 g/mol. The number of hydrogen-bond acceptors (Lipinski definition) is 5. The molecule has 29 heavy (non-hydrogen) atoms. The van der Waals surface area contributed by atoms with Crippen molar-refractivity contribution in [3.05, 3.63) is 59.5 Å². The molecular weight excluding hydrogens is 378 g/mol. The van der Waals surface area contributed by atoms with Gasteiger partial charge in [0, 0.05) is 18.5 Å². The van der Waals surface area contributed by atoms with E-state index in [-0.39, 0.29) is 29.1 Å². The Bertz CT molecular complexity index is 1040. The van der Waals surface area contributed by atoms with E-state index in [2.05, 4.69) is 34.0 Å². The molecular formula is C21H22F2N4O2. The average Bonchev–Trinajstić information content (AvgIpc) is 3.32. The lowest BCUT2D eigenvalue weighted by molar-refractivity contribution is 0.0512. The molecule has 1 saturated heterocycles. The fraction of sp³-hybridized carbons (Fsp3) is 0.381. The highest BCUT2D eigenvalue weighted by Crippen LogP contribution is 2.37. The molecule has 1 aliphatic rings. The Labute approximate surface area is 167 Å². The average molecular weight is 400 g/mol. The molecule has 1 aliphatic heterocycles. The first-order chi connectivity index (χ1) is 13.9. The van der Waals surface area contributed by atoms with Crippen molar-refractivity contribution in [3.63, 3.8) is 0 Å². The number of pyridine rings is 1. The van der Waals surface area contributed by atoms with Crippen molar-refractivity contribution in [1.82, 2.24) is 14.6 Å². The quantitative estimate of drug-likeness (QED) is 0.606. The fourth-order valence-corrected chi connectivity index (χ4v) is 3.87. The van der Waals surface area contributed by atoms with E-state index in [0.29, 0.717) is 12.2 Å². The molecule has 0 amide bonds. The lowest BCUT2D eigenvalue weighted by Crippen LogP contribution is -2.28. The topological polar surface area (TPSA) is 59.7 Å². The predicted octanol–water partition coefficient (Wildman–Crippen LogP) is 4.01. The fourth-order valence-electron chi connectivity index (χ4n) is 3.87. The van der Waals surface area contributed by atoms with E-state index in [1.165, 1.54) is 16.1 Å². The second-order valence-electron chi connectivity index (χ2n) is 7.48. The molecule has 152 valence electrons. The van der Waals surface area contributed by atoms with Crippen LogP contribution in [0.3, 0.4) is 0 Å². The Hall–Kier alpha value is -3.03. The van der Waals surface area contributed by atoms with Gasteiger partial charge in [0.2, 0.25) is 0 Å². The van der Waals surface area contributed by atoms with Crippen molar-refractivity contribution in [2.45, 2.75) is 32.1 Å². The minimum Gasteiger partial charge on any atom is -0.460 e. The molecule has 3 aromatic rings. The SMILES string of the molecule is CCOC(=O)c1nc2c(C(F)F)cc(N3CC[C@](C)(c4ccccc4)C3)cn2n1. The van der Waals surface area contributed by atoms with E-state index in [0.717, 1.165) is 13.0 Å². The number of nitrogens with zero attached hydrogens (tertiary/aromatic N) is 4. The number of rotatable bonds is 5. The van der Waals surface area contributed by atoms with Gasteiger partial charge in [0.25, 0.3) is 12.2 Å². The van der Waals surface area contributed by atoms with Gasteiger partial charge in [-0.15, -0.1) is 5.10 Å². The van der Waals surface area contributed by atoms with Crippen LogP contribution in [0.2, 0.25) is 0 Å². The van der Waals surface area contributed by atoms with E-state index in [4.69, 9.17) is 4.74 Å². The molecule has 0 aliphatic carbocycles. The Kier molecular flexibility index (Phi) is 4.94. The van der Waals surface area contributed by atoms with Crippen LogP contribution in [0.1, 0.15) is 48.4 Å². The summed E-state index contributed by atoms with van der Waals surface area (Å²) < 4.78 is 33.6. The third kappa shape index (κ3) is 3.54. The molecule has 0 bridgehead atoms. The summed E-state index contributed by atoms with van der Waals surface area (Å²) in [6, 6.07) is 11.6. The third-order valence-electron chi connectivity index (χ3n) is 5.45. The minimum absolute atomic E-state index is 0.0307. The van der Waals surface area contributed by atoms with Crippen LogP contribution >= 0.6 is 0 Å². The summed E-state index contributed by atoms with van der Waals surface area (Å²) in [6.45, 7) is 5.44. The maximum absolute atomic E-state index is 13.7. The van der Waals surface area contributed by atoms with Gasteiger partial charge in [0.05, 0.1) is 24.1 Å². The Balaban J connectivity index is 1.70. The molecule has 6 nitrogen and oxygen atoms in total. The third-order valence-corrected chi connectivity index (χ3v) is 5.45. The van der Waals surface area contributed by atoms with Crippen molar-refractivity contribution >= 4 is 17.3 Å². The maximum Gasteiger partial charge on any atom is 0.378 e. The summed E-state index contributed by atoms with van der Waals surface area (Å²) in [5.41, 5.74) is 1.51. The summed E-state index contributed by atoms with van der Waals surface area (Å²) in [6.07, 6.45) is -0.183. The van der Waals surface area contributed by atoms with E-state index in [9.17, 15) is 13.6 Å². The Morgan fingerprint density at radius 3 is 2.76 bits per heavy atom. The molecule has 1 aromatic carbocycles. The van der Waals surface area contributed by atoms with Crippen LogP contribution in [0.4, 0.5) is 14.5 Å². The van der Waals surface area contributed by atoms with Crippen molar-refractivity contribution in [2.24, 2.45) is 0 Å². The smallest absolute Gasteiger partial charge is 0.378 e. The highest BCUT2D eigenvalue weighted by molar-refractivity contribution is 5.86. The van der Waals surface area contributed by atoms with Crippen LogP contribution in [0.15, 0.2) is 42.6 Å². The van der Waals surface area contributed by atoms with Gasteiger partial charge >= 0.3 is 5.97 Å². The van der Waals surface area contributed by atoms with Crippen molar-refractivity contribution in [2.75, 3.05) is 24.6 Å². The normalized spacial score (nSPS) is 19.3. The summed E-state index contributed by atoms with van der Waals surface area (Å²) in [5, 5.41) is 4.07. The number of halogens is 2. The molecule has 1 atom stereocenters. The summed E-state index contributed by atoms with van der Waals surface area (Å²) in [5.74, 6) is -0.947. The second kappa shape index (κ2) is 7.42.